The van der Waals surface area contributed by atoms with Gasteiger partial charge < -0.3 is 4.90 Å². The Morgan fingerprint density at radius 1 is 1.08 bits per heavy atom. The van der Waals surface area contributed by atoms with Crippen molar-refractivity contribution in [3.05, 3.63) is 72.2 Å². The molecule has 2 aromatic heterocycles. The maximum atomic E-state index is 12.5. The van der Waals surface area contributed by atoms with E-state index in [1.807, 2.05) is 29.3 Å². The predicted molar refractivity (Wildman–Crippen MR) is 98.1 cm³/mol. The highest BCUT2D eigenvalue weighted by Gasteiger charge is 2.26. The Morgan fingerprint density at radius 2 is 1.92 bits per heavy atom. The van der Waals surface area contributed by atoms with Gasteiger partial charge in [0, 0.05) is 37.1 Å². The van der Waals surface area contributed by atoms with E-state index in [2.05, 4.69) is 34.2 Å². The van der Waals surface area contributed by atoms with Crippen molar-refractivity contribution in [1.82, 2.24) is 14.9 Å². The van der Waals surface area contributed by atoms with Crippen molar-refractivity contribution in [1.29, 1.82) is 0 Å². The molecule has 25 heavy (non-hydrogen) atoms. The predicted octanol–water partition coefficient (Wildman–Crippen LogP) is 3.26. The van der Waals surface area contributed by atoms with Crippen molar-refractivity contribution in [2.24, 2.45) is 5.92 Å². The van der Waals surface area contributed by atoms with Crippen LogP contribution < -0.4 is 0 Å². The third-order valence-electron chi connectivity index (χ3n) is 4.99. The van der Waals surface area contributed by atoms with Crippen molar-refractivity contribution in [3.8, 4) is 0 Å². The van der Waals surface area contributed by atoms with Crippen LogP contribution in [-0.4, -0.2) is 33.9 Å². The minimum atomic E-state index is 0.216. The van der Waals surface area contributed by atoms with Gasteiger partial charge in [-0.2, -0.15) is 0 Å². The van der Waals surface area contributed by atoms with Gasteiger partial charge in [-0.05, 0) is 54.2 Å². The van der Waals surface area contributed by atoms with Gasteiger partial charge in [0.05, 0.1) is 11.9 Å². The second kappa shape index (κ2) is 7.01. The summed E-state index contributed by atoms with van der Waals surface area (Å²) in [6.45, 7) is 1.71. The molecule has 3 heterocycles. The summed E-state index contributed by atoms with van der Waals surface area (Å²) >= 11 is 0. The first-order valence-corrected chi connectivity index (χ1v) is 8.79. The first kappa shape index (κ1) is 15.8. The number of rotatable bonds is 4. The molecule has 0 N–H and O–H groups in total. The third kappa shape index (κ3) is 3.53. The highest BCUT2D eigenvalue weighted by molar-refractivity contribution is 5.82. The summed E-state index contributed by atoms with van der Waals surface area (Å²) in [6, 6.07) is 14.2. The lowest BCUT2D eigenvalue weighted by atomic mass is 9.96. The van der Waals surface area contributed by atoms with Gasteiger partial charge in [-0.15, -0.1) is 0 Å². The standard InChI is InChI=1S/C21H21N3O/c25-21(14-16-5-9-22-10-6-16)24-12-8-17(15-24)13-18-7-11-23-20-4-2-1-3-19(18)20/h1-7,9-11,17H,8,12-15H2. The number of benzene rings is 1. The SMILES string of the molecule is O=C(Cc1ccncc1)N1CCC(Cc2ccnc3ccccc23)C1. The molecule has 1 saturated heterocycles. The van der Waals surface area contributed by atoms with E-state index in [1.54, 1.807) is 12.4 Å². The average Bonchev–Trinajstić information content (AvgIpc) is 3.12. The molecule has 4 nitrogen and oxygen atoms in total. The van der Waals surface area contributed by atoms with Crippen LogP contribution in [0.4, 0.5) is 0 Å². The van der Waals surface area contributed by atoms with E-state index >= 15 is 0 Å². The van der Waals surface area contributed by atoms with Crippen molar-refractivity contribution >= 4 is 16.8 Å². The summed E-state index contributed by atoms with van der Waals surface area (Å²) in [4.78, 5) is 23.0. The van der Waals surface area contributed by atoms with Crippen LogP contribution >= 0.6 is 0 Å². The number of carbonyl (C=O) groups excluding carboxylic acids is 1. The van der Waals surface area contributed by atoms with Gasteiger partial charge in [0.2, 0.25) is 5.91 Å². The molecular formula is C21H21N3O. The molecule has 0 saturated carbocycles. The van der Waals surface area contributed by atoms with E-state index in [-0.39, 0.29) is 5.91 Å². The lowest BCUT2D eigenvalue weighted by molar-refractivity contribution is -0.129. The molecule has 0 spiro atoms. The molecule has 4 rings (SSSR count). The third-order valence-corrected chi connectivity index (χ3v) is 4.99. The largest absolute Gasteiger partial charge is 0.342 e. The molecule has 0 aliphatic carbocycles. The lowest BCUT2D eigenvalue weighted by Gasteiger charge is -2.17. The fourth-order valence-corrected chi connectivity index (χ4v) is 3.66. The molecule has 1 aliphatic rings. The fraction of sp³-hybridized carbons (Fsp3) is 0.286. The summed E-state index contributed by atoms with van der Waals surface area (Å²) in [7, 11) is 0. The highest BCUT2D eigenvalue weighted by Crippen LogP contribution is 2.25. The Labute approximate surface area is 147 Å². The molecule has 1 unspecified atom stereocenters. The Morgan fingerprint density at radius 3 is 2.80 bits per heavy atom. The highest BCUT2D eigenvalue weighted by atomic mass is 16.2. The lowest BCUT2D eigenvalue weighted by Crippen LogP contribution is -2.30. The van der Waals surface area contributed by atoms with Gasteiger partial charge in [-0.25, -0.2) is 0 Å². The molecule has 1 aliphatic heterocycles. The van der Waals surface area contributed by atoms with Gasteiger partial charge in [-0.3, -0.25) is 14.8 Å². The zero-order valence-corrected chi connectivity index (χ0v) is 14.1. The Hall–Kier alpha value is -2.75. The molecule has 1 amide bonds. The van der Waals surface area contributed by atoms with Gasteiger partial charge in [0.1, 0.15) is 0 Å². The van der Waals surface area contributed by atoms with Crippen LogP contribution in [0.1, 0.15) is 17.5 Å². The maximum Gasteiger partial charge on any atom is 0.227 e. The van der Waals surface area contributed by atoms with E-state index in [0.29, 0.717) is 12.3 Å². The van der Waals surface area contributed by atoms with Crippen LogP contribution in [0.15, 0.2) is 61.1 Å². The minimum absolute atomic E-state index is 0.216. The first-order valence-electron chi connectivity index (χ1n) is 8.79. The smallest absolute Gasteiger partial charge is 0.227 e. The first-order chi connectivity index (χ1) is 12.3. The number of hydrogen-bond acceptors (Lipinski definition) is 3. The molecule has 1 fully saturated rings. The molecule has 0 bridgehead atoms. The fourth-order valence-electron chi connectivity index (χ4n) is 3.66. The van der Waals surface area contributed by atoms with E-state index in [1.165, 1.54) is 10.9 Å². The van der Waals surface area contributed by atoms with Crippen LogP contribution in [0.3, 0.4) is 0 Å². The number of pyridine rings is 2. The maximum absolute atomic E-state index is 12.5. The van der Waals surface area contributed by atoms with Gasteiger partial charge >= 0.3 is 0 Å². The molecule has 4 heteroatoms. The molecule has 3 aromatic rings. The van der Waals surface area contributed by atoms with Crippen LogP contribution in [0.2, 0.25) is 0 Å². The van der Waals surface area contributed by atoms with E-state index in [9.17, 15) is 4.79 Å². The van der Waals surface area contributed by atoms with Crippen molar-refractivity contribution in [3.63, 3.8) is 0 Å². The normalized spacial score (nSPS) is 17.1. The second-order valence-corrected chi connectivity index (χ2v) is 6.72. The van der Waals surface area contributed by atoms with E-state index < -0.39 is 0 Å². The molecule has 1 atom stereocenters. The Bertz CT molecular complexity index is 873. The summed E-state index contributed by atoms with van der Waals surface area (Å²) in [6.07, 6.45) is 7.90. The second-order valence-electron chi connectivity index (χ2n) is 6.72. The number of nitrogens with zero attached hydrogens (tertiary/aromatic N) is 3. The Kier molecular flexibility index (Phi) is 4.42. The zero-order chi connectivity index (χ0) is 17.1. The van der Waals surface area contributed by atoms with Crippen LogP contribution in [-0.2, 0) is 17.6 Å². The van der Waals surface area contributed by atoms with Crippen LogP contribution in [0.25, 0.3) is 10.9 Å². The number of likely N-dealkylation sites (tertiary alicyclic amines) is 1. The summed E-state index contributed by atoms with van der Waals surface area (Å²) in [5, 5.41) is 1.23. The summed E-state index contributed by atoms with van der Waals surface area (Å²) < 4.78 is 0. The number of carbonyl (C=O) groups is 1. The summed E-state index contributed by atoms with van der Waals surface area (Å²) in [5.41, 5.74) is 3.41. The number of amides is 1. The van der Waals surface area contributed by atoms with E-state index in [0.717, 1.165) is 37.0 Å². The number of para-hydroxylation sites is 1. The number of hydrogen-bond donors (Lipinski definition) is 0. The monoisotopic (exact) mass is 331 g/mol. The van der Waals surface area contributed by atoms with Crippen LogP contribution in [0, 0.1) is 5.92 Å². The average molecular weight is 331 g/mol. The van der Waals surface area contributed by atoms with Crippen molar-refractivity contribution < 1.29 is 4.79 Å². The molecule has 126 valence electrons. The van der Waals surface area contributed by atoms with Crippen LogP contribution in [0.5, 0.6) is 0 Å². The van der Waals surface area contributed by atoms with Gasteiger partial charge in [-0.1, -0.05) is 18.2 Å². The quantitative estimate of drug-likeness (QED) is 0.737. The number of fused-ring (bicyclic) bond motifs is 1. The zero-order valence-electron chi connectivity index (χ0n) is 14.1. The number of aromatic nitrogens is 2. The van der Waals surface area contributed by atoms with Gasteiger partial charge in [0.15, 0.2) is 0 Å². The van der Waals surface area contributed by atoms with Crippen molar-refractivity contribution in [2.45, 2.75) is 19.3 Å². The summed E-state index contributed by atoms with van der Waals surface area (Å²) in [5.74, 6) is 0.737. The Balaban J connectivity index is 1.41. The molecular weight excluding hydrogens is 310 g/mol. The van der Waals surface area contributed by atoms with E-state index in [4.69, 9.17) is 0 Å². The molecule has 0 radical (unpaired) electrons. The minimum Gasteiger partial charge on any atom is -0.342 e. The molecule has 1 aromatic carbocycles. The topological polar surface area (TPSA) is 46.1 Å². The van der Waals surface area contributed by atoms with Crippen molar-refractivity contribution in [2.75, 3.05) is 13.1 Å². The van der Waals surface area contributed by atoms with Gasteiger partial charge in [0.25, 0.3) is 0 Å².